The quantitative estimate of drug-likeness (QED) is 0.222. The van der Waals surface area contributed by atoms with Crippen LogP contribution < -0.4 is 15.4 Å². The number of halogens is 1. The molecule has 124 valence electrons. The van der Waals surface area contributed by atoms with E-state index in [1.54, 1.807) is 19.0 Å². The zero-order valence-electron chi connectivity index (χ0n) is 12.5. The molecule has 1 rings (SSSR count). The first kappa shape index (κ1) is 20.4. The van der Waals surface area contributed by atoms with E-state index >= 15 is 0 Å². The van der Waals surface area contributed by atoms with Crippen LogP contribution in [-0.2, 0) is 14.8 Å². The number of carbonyl (C=O) groups is 1. The first-order valence-corrected chi connectivity index (χ1v) is 8.36. The summed E-state index contributed by atoms with van der Waals surface area (Å²) in [7, 11) is 0.266. The number of nitrogens with one attached hydrogen (secondary N) is 3. The molecule has 1 aliphatic heterocycles. The maximum Gasteiger partial charge on any atom is 0.222 e. The van der Waals surface area contributed by atoms with Crippen molar-refractivity contribution < 1.29 is 13.2 Å². The van der Waals surface area contributed by atoms with Crippen LogP contribution in [0.15, 0.2) is 4.99 Å². The predicted molar refractivity (Wildman–Crippen MR) is 93.4 cm³/mol. The highest BCUT2D eigenvalue weighted by Crippen LogP contribution is 2.09. The second-order valence-corrected chi connectivity index (χ2v) is 6.65. The first-order valence-electron chi connectivity index (χ1n) is 6.47. The van der Waals surface area contributed by atoms with Crippen LogP contribution in [0.5, 0.6) is 0 Å². The molecule has 1 aliphatic rings. The van der Waals surface area contributed by atoms with Crippen molar-refractivity contribution in [1.29, 1.82) is 0 Å². The van der Waals surface area contributed by atoms with E-state index in [4.69, 9.17) is 0 Å². The van der Waals surface area contributed by atoms with Crippen LogP contribution in [0.25, 0.3) is 0 Å². The lowest BCUT2D eigenvalue weighted by molar-refractivity contribution is -0.132. The first-order chi connectivity index (χ1) is 9.31. The standard InChI is InChI=1S/C11H23N5O3S.HI/c1-12-11(13-6-7-14-20(3,18)19)15-9-4-5-10(17)16(2)8-9;/h9,14H,4-8H2,1-3H3,(H2,12,13,15);1H. The normalized spacial score (nSPS) is 20.0. The van der Waals surface area contributed by atoms with E-state index in [0.717, 1.165) is 12.7 Å². The number of amides is 1. The fraction of sp³-hybridized carbons (Fsp3) is 0.818. The summed E-state index contributed by atoms with van der Waals surface area (Å²) in [6.45, 7) is 1.37. The molecule has 1 fully saturated rings. The summed E-state index contributed by atoms with van der Waals surface area (Å²) in [5, 5.41) is 6.25. The van der Waals surface area contributed by atoms with Gasteiger partial charge in [-0.15, -0.1) is 24.0 Å². The Balaban J connectivity index is 0.00000400. The number of piperidine rings is 1. The van der Waals surface area contributed by atoms with Crippen molar-refractivity contribution in [3.05, 3.63) is 0 Å². The van der Waals surface area contributed by atoms with Crippen LogP contribution >= 0.6 is 24.0 Å². The third-order valence-corrected chi connectivity index (χ3v) is 3.70. The van der Waals surface area contributed by atoms with Crippen molar-refractivity contribution in [2.45, 2.75) is 18.9 Å². The van der Waals surface area contributed by atoms with Gasteiger partial charge in [0.25, 0.3) is 0 Å². The van der Waals surface area contributed by atoms with Gasteiger partial charge in [-0.2, -0.15) is 0 Å². The summed E-state index contributed by atoms with van der Waals surface area (Å²) in [5.41, 5.74) is 0. The van der Waals surface area contributed by atoms with Gasteiger partial charge >= 0.3 is 0 Å². The highest BCUT2D eigenvalue weighted by Gasteiger charge is 2.23. The molecule has 3 N–H and O–H groups in total. The minimum absolute atomic E-state index is 0. The lowest BCUT2D eigenvalue weighted by Crippen LogP contribution is -2.52. The summed E-state index contributed by atoms with van der Waals surface area (Å²) in [4.78, 5) is 17.2. The van der Waals surface area contributed by atoms with Gasteiger partial charge in [-0.05, 0) is 6.42 Å². The largest absolute Gasteiger partial charge is 0.355 e. The van der Waals surface area contributed by atoms with Crippen LogP contribution in [0.2, 0.25) is 0 Å². The Labute approximate surface area is 143 Å². The van der Waals surface area contributed by atoms with E-state index in [1.165, 1.54) is 0 Å². The number of likely N-dealkylation sites (N-methyl/N-ethyl adjacent to an activating group) is 1. The molecule has 0 radical (unpaired) electrons. The van der Waals surface area contributed by atoms with Gasteiger partial charge in [0.1, 0.15) is 0 Å². The minimum atomic E-state index is -3.16. The van der Waals surface area contributed by atoms with Crippen molar-refractivity contribution in [2.75, 3.05) is 40.0 Å². The van der Waals surface area contributed by atoms with Gasteiger partial charge in [-0.3, -0.25) is 9.79 Å². The highest BCUT2D eigenvalue weighted by molar-refractivity contribution is 14.0. The molecule has 0 spiro atoms. The van der Waals surface area contributed by atoms with Crippen LogP contribution in [0.3, 0.4) is 0 Å². The van der Waals surface area contributed by atoms with Gasteiger partial charge in [0.15, 0.2) is 5.96 Å². The molecule has 0 saturated carbocycles. The second kappa shape index (κ2) is 9.41. The maximum absolute atomic E-state index is 11.4. The van der Waals surface area contributed by atoms with Gasteiger partial charge in [0.05, 0.1) is 6.26 Å². The van der Waals surface area contributed by atoms with E-state index in [-0.39, 0.29) is 35.9 Å². The number of sulfonamides is 1. The van der Waals surface area contributed by atoms with Crippen molar-refractivity contribution in [1.82, 2.24) is 20.3 Å². The lowest BCUT2D eigenvalue weighted by atomic mass is 10.1. The van der Waals surface area contributed by atoms with E-state index in [1.807, 2.05) is 0 Å². The Morgan fingerprint density at radius 1 is 1.43 bits per heavy atom. The molecule has 0 aliphatic carbocycles. The molecule has 1 saturated heterocycles. The summed E-state index contributed by atoms with van der Waals surface area (Å²) >= 11 is 0. The average molecular weight is 433 g/mol. The molecule has 1 amide bonds. The van der Waals surface area contributed by atoms with Crippen LogP contribution in [0.4, 0.5) is 0 Å². The van der Waals surface area contributed by atoms with E-state index in [9.17, 15) is 13.2 Å². The third kappa shape index (κ3) is 8.41. The fourth-order valence-corrected chi connectivity index (χ4v) is 2.41. The molecule has 0 bridgehead atoms. The molecule has 0 aromatic heterocycles. The van der Waals surface area contributed by atoms with E-state index in [0.29, 0.717) is 32.0 Å². The lowest BCUT2D eigenvalue weighted by Gasteiger charge is -2.31. The highest BCUT2D eigenvalue weighted by atomic mass is 127. The molecule has 10 heteroatoms. The Morgan fingerprint density at radius 2 is 2.10 bits per heavy atom. The molecule has 0 aromatic rings. The van der Waals surface area contributed by atoms with Crippen molar-refractivity contribution >= 4 is 45.9 Å². The molecular weight excluding hydrogens is 409 g/mol. The van der Waals surface area contributed by atoms with E-state index in [2.05, 4.69) is 20.3 Å². The zero-order chi connectivity index (χ0) is 15.2. The summed E-state index contributed by atoms with van der Waals surface area (Å²) in [6.07, 6.45) is 2.42. The fourth-order valence-electron chi connectivity index (χ4n) is 1.94. The Bertz CT molecular complexity index is 468. The van der Waals surface area contributed by atoms with Crippen molar-refractivity contribution in [3.8, 4) is 0 Å². The van der Waals surface area contributed by atoms with Gasteiger partial charge in [0.2, 0.25) is 15.9 Å². The summed E-state index contributed by atoms with van der Waals surface area (Å²) in [6, 6.07) is 0.159. The number of rotatable bonds is 5. The number of carbonyl (C=O) groups excluding carboxylic acids is 1. The molecular formula is C11H24IN5O3S. The van der Waals surface area contributed by atoms with Crippen molar-refractivity contribution in [3.63, 3.8) is 0 Å². The van der Waals surface area contributed by atoms with Gasteiger partial charge < -0.3 is 15.5 Å². The van der Waals surface area contributed by atoms with E-state index < -0.39 is 10.0 Å². The smallest absolute Gasteiger partial charge is 0.222 e. The second-order valence-electron chi connectivity index (χ2n) is 4.82. The van der Waals surface area contributed by atoms with Gasteiger partial charge in [0, 0.05) is 46.2 Å². The maximum atomic E-state index is 11.4. The average Bonchev–Trinajstić information content (AvgIpc) is 2.36. The number of hydrogen-bond donors (Lipinski definition) is 3. The summed E-state index contributed by atoms with van der Waals surface area (Å²) < 4.78 is 24.2. The molecule has 21 heavy (non-hydrogen) atoms. The number of nitrogens with zero attached hydrogens (tertiary/aromatic N) is 2. The number of likely N-dealkylation sites (tertiary alicyclic amines) is 1. The van der Waals surface area contributed by atoms with Crippen LogP contribution in [0, 0.1) is 0 Å². The van der Waals surface area contributed by atoms with Gasteiger partial charge in [-0.1, -0.05) is 0 Å². The number of hydrogen-bond acceptors (Lipinski definition) is 4. The molecule has 1 atom stereocenters. The van der Waals surface area contributed by atoms with Crippen LogP contribution in [-0.4, -0.2) is 71.2 Å². The third-order valence-electron chi connectivity index (χ3n) is 2.97. The van der Waals surface area contributed by atoms with Crippen molar-refractivity contribution in [2.24, 2.45) is 4.99 Å². The minimum Gasteiger partial charge on any atom is -0.355 e. The SMILES string of the molecule is CN=C(NCCNS(C)(=O)=O)NC1CCC(=O)N(C)C1.I. The Kier molecular flexibility index (Phi) is 9.13. The van der Waals surface area contributed by atoms with Gasteiger partial charge in [-0.25, -0.2) is 13.1 Å². The molecule has 8 nitrogen and oxygen atoms in total. The monoisotopic (exact) mass is 433 g/mol. The van der Waals surface area contributed by atoms with Crippen LogP contribution in [0.1, 0.15) is 12.8 Å². The zero-order valence-corrected chi connectivity index (χ0v) is 15.7. The molecule has 1 unspecified atom stereocenters. The number of guanidine groups is 1. The summed E-state index contributed by atoms with van der Waals surface area (Å²) in [5.74, 6) is 0.761. The molecule has 1 heterocycles. The Morgan fingerprint density at radius 3 is 2.62 bits per heavy atom. The topological polar surface area (TPSA) is 103 Å². The number of aliphatic imine (C=N–C) groups is 1. The molecule has 0 aromatic carbocycles. The predicted octanol–water partition coefficient (Wildman–Crippen LogP) is -1.06. The Hall–Kier alpha value is -0.620.